The van der Waals surface area contributed by atoms with Crippen molar-refractivity contribution in [1.82, 2.24) is 5.32 Å². The van der Waals surface area contributed by atoms with Crippen LogP contribution in [-0.2, 0) is 4.79 Å². The van der Waals surface area contributed by atoms with Gasteiger partial charge in [0.25, 0.3) is 5.91 Å². The van der Waals surface area contributed by atoms with Crippen molar-refractivity contribution < 1.29 is 19.0 Å². The summed E-state index contributed by atoms with van der Waals surface area (Å²) in [6.07, 6.45) is 0.698. The SMILES string of the molecule is COc1ccccc1OCC(=O)N[C@H]1CC(C)(C)Oc2cc(C)ccc21. The van der Waals surface area contributed by atoms with Crippen molar-refractivity contribution in [2.75, 3.05) is 13.7 Å². The standard InChI is InChI=1S/C21H25NO4/c1-14-9-10-15-16(12-21(2,3)26-19(15)11-14)22-20(23)13-25-18-8-6-5-7-17(18)24-4/h5-11,16H,12-13H2,1-4H3,(H,22,23)/t16-/m0/s1. The summed E-state index contributed by atoms with van der Waals surface area (Å²) in [7, 11) is 1.57. The maximum Gasteiger partial charge on any atom is 0.258 e. The van der Waals surface area contributed by atoms with E-state index in [-0.39, 0.29) is 24.2 Å². The molecule has 0 unspecified atom stereocenters. The minimum atomic E-state index is -0.345. The van der Waals surface area contributed by atoms with Gasteiger partial charge in [0, 0.05) is 12.0 Å². The van der Waals surface area contributed by atoms with E-state index in [0.29, 0.717) is 17.9 Å². The number of ether oxygens (including phenoxy) is 3. The maximum absolute atomic E-state index is 12.5. The third-order valence-electron chi connectivity index (χ3n) is 4.39. The Morgan fingerprint density at radius 1 is 1.23 bits per heavy atom. The number of nitrogens with one attached hydrogen (secondary N) is 1. The summed E-state index contributed by atoms with van der Waals surface area (Å²) in [6, 6.07) is 13.2. The highest BCUT2D eigenvalue weighted by atomic mass is 16.5. The Bertz CT molecular complexity index is 800. The number of amides is 1. The Hall–Kier alpha value is -2.69. The summed E-state index contributed by atoms with van der Waals surface area (Å²) in [5, 5.41) is 3.07. The summed E-state index contributed by atoms with van der Waals surface area (Å²) in [4.78, 5) is 12.5. The van der Waals surface area contributed by atoms with Gasteiger partial charge in [0.2, 0.25) is 0 Å². The topological polar surface area (TPSA) is 56.8 Å². The molecule has 0 aromatic heterocycles. The quantitative estimate of drug-likeness (QED) is 0.886. The molecule has 1 aliphatic rings. The number of carbonyl (C=O) groups excluding carboxylic acids is 1. The molecule has 0 saturated carbocycles. The van der Waals surface area contributed by atoms with Gasteiger partial charge in [-0.1, -0.05) is 24.3 Å². The molecule has 0 radical (unpaired) electrons. The molecule has 2 aromatic carbocycles. The van der Waals surface area contributed by atoms with Gasteiger partial charge >= 0.3 is 0 Å². The van der Waals surface area contributed by atoms with E-state index in [1.165, 1.54) is 0 Å². The highest BCUT2D eigenvalue weighted by Crippen LogP contribution is 2.39. The number of rotatable bonds is 5. The van der Waals surface area contributed by atoms with Gasteiger partial charge in [-0.25, -0.2) is 0 Å². The molecule has 1 aliphatic heterocycles. The molecule has 5 nitrogen and oxygen atoms in total. The van der Waals surface area contributed by atoms with E-state index in [2.05, 4.69) is 5.32 Å². The molecular formula is C21H25NO4. The molecule has 0 saturated heterocycles. The van der Waals surface area contributed by atoms with Crippen molar-refractivity contribution in [3.63, 3.8) is 0 Å². The minimum absolute atomic E-state index is 0.0701. The summed E-state index contributed by atoms with van der Waals surface area (Å²) in [6.45, 7) is 6.02. The molecule has 2 aromatic rings. The van der Waals surface area contributed by atoms with Crippen LogP contribution in [0.15, 0.2) is 42.5 Å². The van der Waals surface area contributed by atoms with Crippen molar-refractivity contribution in [2.24, 2.45) is 0 Å². The monoisotopic (exact) mass is 355 g/mol. The Labute approximate surface area is 154 Å². The van der Waals surface area contributed by atoms with Gasteiger partial charge < -0.3 is 19.5 Å². The second kappa shape index (κ2) is 7.28. The molecule has 1 atom stereocenters. The second-order valence-electron chi connectivity index (χ2n) is 7.17. The van der Waals surface area contributed by atoms with E-state index in [9.17, 15) is 4.79 Å². The summed E-state index contributed by atoms with van der Waals surface area (Å²) in [5.41, 5.74) is 1.79. The fraction of sp³-hybridized carbons (Fsp3) is 0.381. The van der Waals surface area contributed by atoms with Crippen molar-refractivity contribution >= 4 is 5.91 Å². The lowest BCUT2D eigenvalue weighted by atomic mass is 9.89. The van der Waals surface area contributed by atoms with Crippen molar-refractivity contribution in [1.29, 1.82) is 0 Å². The largest absolute Gasteiger partial charge is 0.493 e. The first-order valence-corrected chi connectivity index (χ1v) is 8.73. The van der Waals surface area contributed by atoms with Crippen LogP contribution >= 0.6 is 0 Å². The minimum Gasteiger partial charge on any atom is -0.493 e. The highest BCUT2D eigenvalue weighted by molar-refractivity contribution is 5.78. The fourth-order valence-electron chi connectivity index (χ4n) is 3.20. The maximum atomic E-state index is 12.5. The fourth-order valence-corrected chi connectivity index (χ4v) is 3.20. The van der Waals surface area contributed by atoms with Gasteiger partial charge in [-0.05, 0) is 44.5 Å². The van der Waals surface area contributed by atoms with Crippen molar-refractivity contribution in [2.45, 2.75) is 38.8 Å². The Morgan fingerprint density at radius 2 is 1.96 bits per heavy atom. The number of carbonyl (C=O) groups is 1. The van der Waals surface area contributed by atoms with Gasteiger partial charge in [0.05, 0.1) is 13.2 Å². The van der Waals surface area contributed by atoms with Gasteiger partial charge in [0.1, 0.15) is 11.4 Å². The Morgan fingerprint density at radius 3 is 2.69 bits per heavy atom. The molecule has 138 valence electrons. The number of aryl methyl sites for hydroxylation is 1. The molecular weight excluding hydrogens is 330 g/mol. The van der Waals surface area contributed by atoms with Crippen LogP contribution in [0, 0.1) is 6.92 Å². The van der Waals surface area contributed by atoms with Crippen LogP contribution in [0.3, 0.4) is 0 Å². The molecule has 0 bridgehead atoms. The lowest BCUT2D eigenvalue weighted by Gasteiger charge is -2.38. The molecule has 0 spiro atoms. The first-order valence-electron chi connectivity index (χ1n) is 8.73. The molecule has 0 aliphatic carbocycles. The number of benzene rings is 2. The third kappa shape index (κ3) is 4.10. The lowest BCUT2D eigenvalue weighted by molar-refractivity contribution is -0.124. The normalized spacial score (nSPS) is 17.6. The first-order chi connectivity index (χ1) is 12.4. The molecule has 1 heterocycles. The predicted octanol–water partition coefficient (Wildman–Crippen LogP) is 3.80. The van der Waals surface area contributed by atoms with Crippen molar-refractivity contribution in [3.8, 4) is 17.2 Å². The van der Waals surface area contributed by atoms with Gasteiger partial charge in [-0.3, -0.25) is 4.79 Å². The molecule has 1 N–H and O–H groups in total. The van der Waals surface area contributed by atoms with E-state index in [1.807, 2.05) is 51.1 Å². The van der Waals surface area contributed by atoms with Gasteiger partial charge in [-0.15, -0.1) is 0 Å². The third-order valence-corrected chi connectivity index (χ3v) is 4.39. The smallest absolute Gasteiger partial charge is 0.258 e. The van der Waals surface area contributed by atoms with E-state index in [0.717, 1.165) is 16.9 Å². The Kier molecular flexibility index (Phi) is 5.07. The zero-order chi connectivity index (χ0) is 18.7. The molecule has 3 rings (SSSR count). The van der Waals surface area contributed by atoms with E-state index < -0.39 is 0 Å². The van der Waals surface area contributed by atoms with Crippen LogP contribution in [0.4, 0.5) is 0 Å². The van der Waals surface area contributed by atoms with Gasteiger partial charge in [-0.2, -0.15) is 0 Å². The molecule has 1 amide bonds. The molecule has 26 heavy (non-hydrogen) atoms. The lowest BCUT2D eigenvalue weighted by Crippen LogP contribution is -2.42. The summed E-state index contributed by atoms with van der Waals surface area (Å²) < 4.78 is 16.9. The number of hydrogen-bond acceptors (Lipinski definition) is 4. The van der Waals surface area contributed by atoms with Crippen LogP contribution in [0.2, 0.25) is 0 Å². The predicted molar refractivity (Wildman–Crippen MR) is 99.9 cm³/mol. The van der Waals surface area contributed by atoms with Crippen LogP contribution in [0.25, 0.3) is 0 Å². The zero-order valence-corrected chi connectivity index (χ0v) is 15.7. The Balaban J connectivity index is 1.69. The first kappa shape index (κ1) is 18.1. The van der Waals surface area contributed by atoms with E-state index >= 15 is 0 Å². The highest BCUT2D eigenvalue weighted by Gasteiger charge is 2.34. The number of methoxy groups -OCH3 is 1. The van der Waals surface area contributed by atoms with E-state index in [4.69, 9.17) is 14.2 Å². The average Bonchev–Trinajstić information content (AvgIpc) is 2.58. The zero-order valence-electron chi connectivity index (χ0n) is 15.7. The molecule has 0 fully saturated rings. The van der Waals surface area contributed by atoms with Crippen molar-refractivity contribution in [3.05, 3.63) is 53.6 Å². The van der Waals surface area contributed by atoms with Crippen LogP contribution in [-0.4, -0.2) is 25.2 Å². The van der Waals surface area contributed by atoms with Gasteiger partial charge in [0.15, 0.2) is 18.1 Å². The second-order valence-corrected chi connectivity index (χ2v) is 7.17. The van der Waals surface area contributed by atoms with E-state index in [1.54, 1.807) is 19.2 Å². The summed E-state index contributed by atoms with van der Waals surface area (Å²) >= 11 is 0. The summed E-state index contributed by atoms with van der Waals surface area (Å²) in [5.74, 6) is 1.81. The number of para-hydroxylation sites is 2. The van der Waals surface area contributed by atoms with Crippen LogP contribution in [0.1, 0.15) is 37.4 Å². The average molecular weight is 355 g/mol. The van der Waals surface area contributed by atoms with Crippen LogP contribution < -0.4 is 19.5 Å². The number of fused-ring (bicyclic) bond motifs is 1. The van der Waals surface area contributed by atoms with Crippen LogP contribution in [0.5, 0.6) is 17.2 Å². The number of hydrogen-bond donors (Lipinski definition) is 1. The molecule has 5 heteroatoms.